The molecule has 1 saturated heterocycles. The molecule has 0 aromatic carbocycles. The lowest BCUT2D eigenvalue weighted by atomic mass is 9.47. The molecule has 0 bridgehead atoms. The van der Waals surface area contributed by atoms with Crippen molar-refractivity contribution < 1.29 is 25.2 Å². The Hall–Kier alpha value is -0.720. The first kappa shape index (κ1) is 19.6. The maximum absolute atomic E-state index is 10.8. The summed E-state index contributed by atoms with van der Waals surface area (Å²) in [4.78, 5) is 0. The summed E-state index contributed by atoms with van der Waals surface area (Å²) in [6.45, 7) is 10.6. The molecule has 0 spiro atoms. The fourth-order valence-corrected chi connectivity index (χ4v) is 6.75. The molecule has 4 N–H and O–H groups in total. The second-order valence-electron chi connectivity index (χ2n) is 10.1. The van der Waals surface area contributed by atoms with E-state index >= 15 is 0 Å². The summed E-state index contributed by atoms with van der Waals surface area (Å²) < 4.78 is 5.89. The molecule has 0 aromatic heterocycles. The molecule has 1 heterocycles. The van der Waals surface area contributed by atoms with Gasteiger partial charge in [0.25, 0.3) is 0 Å². The molecule has 152 valence electrons. The maximum atomic E-state index is 10.8. The Bertz CT molecular complexity index is 674. The number of allylic oxidation sites excluding steroid dienone is 2. The van der Waals surface area contributed by atoms with Gasteiger partial charge in [0.15, 0.2) is 0 Å². The molecule has 5 nitrogen and oxygen atoms in total. The number of epoxide rings is 1. The highest BCUT2D eigenvalue weighted by molar-refractivity contribution is 5.32. The Morgan fingerprint density at radius 3 is 2.56 bits per heavy atom. The van der Waals surface area contributed by atoms with Gasteiger partial charge >= 0.3 is 0 Å². The van der Waals surface area contributed by atoms with Gasteiger partial charge in [-0.15, -0.1) is 0 Å². The SMILES string of the molecule is C=C1[C@H](O)[C@H](O)[C@]2(C[C@@H]3C(C)=CC[C@@H]4[C@](C)(CO)CCC[C@]34C)O[C@H]2[C@H]1O. The van der Waals surface area contributed by atoms with E-state index in [4.69, 9.17) is 4.74 Å². The van der Waals surface area contributed by atoms with Crippen LogP contribution in [0.4, 0.5) is 0 Å². The first-order valence-corrected chi connectivity index (χ1v) is 10.3. The zero-order chi connectivity index (χ0) is 19.8. The average Bonchev–Trinajstić information content (AvgIpc) is 3.37. The minimum absolute atomic E-state index is 0.00386. The molecular weight excluding hydrogens is 344 g/mol. The smallest absolute Gasteiger partial charge is 0.127 e. The van der Waals surface area contributed by atoms with E-state index in [9.17, 15) is 20.4 Å². The lowest BCUT2D eigenvalue weighted by molar-refractivity contribution is -0.0896. The summed E-state index contributed by atoms with van der Waals surface area (Å²) in [6, 6.07) is 0. The lowest BCUT2D eigenvalue weighted by Crippen LogP contribution is -2.56. The molecule has 4 rings (SSSR count). The Kier molecular flexibility index (Phi) is 4.45. The second kappa shape index (κ2) is 6.14. The van der Waals surface area contributed by atoms with Gasteiger partial charge in [-0.25, -0.2) is 0 Å². The molecule has 1 aliphatic heterocycles. The van der Waals surface area contributed by atoms with E-state index in [1.165, 1.54) is 5.57 Å². The van der Waals surface area contributed by atoms with Gasteiger partial charge in [-0.2, -0.15) is 0 Å². The number of aliphatic hydroxyl groups is 4. The van der Waals surface area contributed by atoms with Crippen LogP contribution in [0.2, 0.25) is 0 Å². The molecule has 2 saturated carbocycles. The summed E-state index contributed by atoms with van der Waals surface area (Å²) >= 11 is 0. The molecule has 5 heteroatoms. The molecule has 0 unspecified atom stereocenters. The van der Waals surface area contributed by atoms with Crippen LogP contribution in [0, 0.1) is 22.7 Å². The van der Waals surface area contributed by atoms with Crippen molar-refractivity contribution in [3.8, 4) is 0 Å². The quantitative estimate of drug-likeness (QED) is 0.445. The van der Waals surface area contributed by atoms with Gasteiger partial charge in [0, 0.05) is 6.61 Å². The van der Waals surface area contributed by atoms with E-state index in [0.717, 1.165) is 25.7 Å². The number of hydrogen-bond acceptors (Lipinski definition) is 5. The Balaban J connectivity index is 1.67. The third kappa shape index (κ3) is 2.55. The van der Waals surface area contributed by atoms with Crippen LogP contribution in [0.1, 0.15) is 52.9 Å². The van der Waals surface area contributed by atoms with Crippen LogP contribution in [-0.4, -0.2) is 57.0 Å². The minimum Gasteiger partial charge on any atom is -0.396 e. The van der Waals surface area contributed by atoms with Crippen molar-refractivity contribution in [2.24, 2.45) is 22.7 Å². The van der Waals surface area contributed by atoms with E-state index in [1.807, 2.05) is 0 Å². The summed E-state index contributed by atoms with van der Waals surface area (Å²) in [7, 11) is 0. The zero-order valence-electron chi connectivity index (χ0n) is 16.7. The van der Waals surface area contributed by atoms with Crippen molar-refractivity contribution in [3.05, 3.63) is 23.8 Å². The van der Waals surface area contributed by atoms with Crippen molar-refractivity contribution >= 4 is 0 Å². The van der Waals surface area contributed by atoms with Crippen LogP contribution in [0.25, 0.3) is 0 Å². The predicted molar refractivity (Wildman–Crippen MR) is 102 cm³/mol. The highest BCUT2D eigenvalue weighted by atomic mass is 16.6. The summed E-state index contributed by atoms with van der Waals surface area (Å²) in [5, 5.41) is 41.6. The van der Waals surface area contributed by atoms with E-state index in [1.54, 1.807) is 0 Å². The fourth-order valence-electron chi connectivity index (χ4n) is 6.75. The van der Waals surface area contributed by atoms with Crippen LogP contribution in [-0.2, 0) is 4.74 Å². The molecule has 0 radical (unpaired) electrons. The van der Waals surface area contributed by atoms with Gasteiger partial charge < -0.3 is 25.2 Å². The molecule has 0 aromatic rings. The van der Waals surface area contributed by atoms with Crippen molar-refractivity contribution in [3.63, 3.8) is 0 Å². The maximum Gasteiger partial charge on any atom is 0.127 e. The summed E-state index contributed by atoms with van der Waals surface area (Å²) in [5.74, 6) is 0.560. The van der Waals surface area contributed by atoms with Gasteiger partial charge in [-0.05, 0) is 60.8 Å². The largest absolute Gasteiger partial charge is 0.396 e. The van der Waals surface area contributed by atoms with E-state index in [-0.39, 0.29) is 28.9 Å². The van der Waals surface area contributed by atoms with Crippen molar-refractivity contribution in [1.82, 2.24) is 0 Å². The third-order valence-electron chi connectivity index (χ3n) is 8.62. The molecule has 3 aliphatic carbocycles. The van der Waals surface area contributed by atoms with Gasteiger partial charge in [0.2, 0.25) is 0 Å². The van der Waals surface area contributed by atoms with Crippen LogP contribution in [0.5, 0.6) is 0 Å². The number of rotatable bonds is 3. The normalized spacial score (nSPS) is 54.8. The third-order valence-corrected chi connectivity index (χ3v) is 8.62. The van der Waals surface area contributed by atoms with Gasteiger partial charge in [0.1, 0.15) is 30.0 Å². The Morgan fingerprint density at radius 2 is 1.89 bits per heavy atom. The first-order valence-electron chi connectivity index (χ1n) is 10.3. The van der Waals surface area contributed by atoms with E-state index in [2.05, 4.69) is 33.4 Å². The predicted octanol–water partition coefficient (Wildman–Crippen LogP) is 1.94. The van der Waals surface area contributed by atoms with Crippen LogP contribution < -0.4 is 0 Å². The van der Waals surface area contributed by atoms with E-state index in [0.29, 0.717) is 12.3 Å². The molecule has 9 atom stereocenters. The molecule has 0 amide bonds. The highest BCUT2D eigenvalue weighted by Crippen LogP contribution is 2.63. The van der Waals surface area contributed by atoms with E-state index < -0.39 is 30.0 Å². The zero-order valence-corrected chi connectivity index (χ0v) is 16.7. The number of fused-ring (bicyclic) bond motifs is 2. The number of ether oxygens (including phenoxy) is 1. The Morgan fingerprint density at radius 1 is 1.19 bits per heavy atom. The standard InChI is InChI=1S/C22H34O5/c1-12-6-7-15-20(3,11-23)8-5-9-21(15,4)14(12)10-22-18(26)16(24)13(2)17(25)19(22)27-22/h6,14-19,23-26H,2,5,7-11H2,1,3-4H3/t14-,15-,16+,17+,18+,19+,20+,21-,22+/m1/s1. The van der Waals surface area contributed by atoms with Crippen LogP contribution >= 0.6 is 0 Å². The first-order chi connectivity index (χ1) is 12.6. The number of aliphatic hydroxyl groups excluding tert-OH is 4. The fraction of sp³-hybridized carbons (Fsp3) is 0.818. The average molecular weight is 379 g/mol. The van der Waals surface area contributed by atoms with Gasteiger partial charge in [-0.3, -0.25) is 0 Å². The van der Waals surface area contributed by atoms with Gasteiger partial charge in [0.05, 0.1) is 0 Å². The molecule has 3 fully saturated rings. The molecular formula is C22H34O5. The second-order valence-corrected chi connectivity index (χ2v) is 10.1. The Labute approximate surface area is 161 Å². The highest BCUT2D eigenvalue weighted by Gasteiger charge is 2.71. The molecule has 27 heavy (non-hydrogen) atoms. The summed E-state index contributed by atoms with van der Waals surface area (Å²) in [6.07, 6.45) is 3.37. The summed E-state index contributed by atoms with van der Waals surface area (Å²) in [5.41, 5.74) is 0.538. The van der Waals surface area contributed by atoms with Gasteiger partial charge in [-0.1, -0.05) is 38.5 Å². The van der Waals surface area contributed by atoms with Crippen molar-refractivity contribution in [2.45, 2.75) is 82.9 Å². The number of hydrogen-bond donors (Lipinski definition) is 4. The minimum atomic E-state index is -1.16. The van der Waals surface area contributed by atoms with Crippen molar-refractivity contribution in [1.29, 1.82) is 0 Å². The molecule has 4 aliphatic rings. The van der Waals surface area contributed by atoms with Crippen LogP contribution in [0.3, 0.4) is 0 Å². The lowest BCUT2D eigenvalue weighted by Gasteiger charge is -2.58. The monoisotopic (exact) mass is 378 g/mol. The topological polar surface area (TPSA) is 93.5 Å². The van der Waals surface area contributed by atoms with Crippen molar-refractivity contribution in [2.75, 3.05) is 6.61 Å². The van der Waals surface area contributed by atoms with Crippen LogP contribution in [0.15, 0.2) is 23.8 Å².